The molecule has 1 aromatic rings. The highest BCUT2D eigenvalue weighted by Crippen LogP contribution is 2.09. The predicted molar refractivity (Wildman–Crippen MR) is 68.3 cm³/mol. The number of rotatable bonds is 7. The molecule has 0 aliphatic carbocycles. The van der Waals surface area contributed by atoms with Crippen LogP contribution >= 0.6 is 0 Å². The first-order chi connectivity index (χ1) is 7.88. The van der Waals surface area contributed by atoms with Gasteiger partial charge < -0.3 is 10.1 Å². The summed E-state index contributed by atoms with van der Waals surface area (Å²) >= 11 is 0. The molecule has 0 aromatic heterocycles. The van der Waals surface area contributed by atoms with Crippen LogP contribution < -0.4 is 5.32 Å². The molecular formula is C14H21NO. The van der Waals surface area contributed by atoms with Crippen molar-refractivity contribution in [2.24, 2.45) is 0 Å². The van der Waals surface area contributed by atoms with E-state index < -0.39 is 0 Å². The summed E-state index contributed by atoms with van der Waals surface area (Å²) in [4.78, 5) is 0. The zero-order valence-corrected chi connectivity index (χ0v) is 10.2. The van der Waals surface area contributed by atoms with Crippen LogP contribution in [0.5, 0.6) is 0 Å². The van der Waals surface area contributed by atoms with E-state index in [9.17, 15) is 0 Å². The van der Waals surface area contributed by atoms with E-state index in [1.807, 2.05) is 19.1 Å². The van der Waals surface area contributed by atoms with Gasteiger partial charge in [0.2, 0.25) is 0 Å². The van der Waals surface area contributed by atoms with Gasteiger partial charge in [-0.2, -0.15) is 0 Å². The summed E-state index contributed by atoms with van der Waals surface area (Å²) in [7, 11) is 0. The number of nitrogens with one attached hydrogen (secondary N) is 1. The molecule has 0 fully saturated rings. The van der Waals surface area contributed by atoms with Crippen LogP contribution in [0, 0.1) is 0 Å². The Hall–Kier alpha value is -1.12. The zero-order valence-electron chi connectivity index (χ0n) is 10.2. The smallest absolute Gasteiger partial charge is 0.0724 e. The molecule has 0 atom stereocenters. The minimum Gasteiger partial charge on any atom is -0.373 e. The van der Waals surface area contributed by atoms with E-state index in [1.54, 1.807) is 0 Å². The fourth-order valence-electron chi connectivity index (χ4n) is 1.46. The number of allylic oxidation sites excluding steroid dienone is 1. The Morgan fingerprint density at radius 2 is 2.00 bits per heavy atom. The molecule has 0 aliphatic heterocycles. The van der Waals surface area contributed by atoms with Crippen LogP contribution in [0.1, 0.15) is 25.0 Å². The SMILES string of the molecule is CC=CCOCc1ccccc1CNCC. The van der Waals surface area contributed by atoms with Gasteiger partial charge in [0.15, 0.2) is 0 Å². The second-order valence-corrected chi connectivity index (χ2v) is 3.63. The molecule has 0 saturated carbocycles. The van der Waals surface area contributed by atoms with E-state index in [2.05, 4.69) is 36.5 Å². The normalized spacial score (nSPS) is 11.1. The maximum absolute atomic E-state index is 5.57. The lowest BCUT2D eigenvalue weighted by atomic mass is 10.1. The van der Waals surface area contributed by atoms with Crippen LogP contribution in [0.3, 0.4) is 0 Å². The van der Waals surface area contributed by atoms with E-state index in [0.29, 0.717) is 13.2 Å². The third-order valence-corrected chi connectivity index (χ3v) is 2.39. The van der Waals surface area contributed by atoms with Gasteiger partial charge in [-0.25, -0.2) is 0 Å². The lowest BCUT2D eigenvalue weighted by molar-refractivity contribution is 0.148. The second-order valence-electron chi connectivity index (χ2n) is 3.63. The van der Waals surface area contributed by atoms with Gasteiger partial charge in [-0.15, -0.1) is 0 Å². The van der Waals surface area contributed by atoms with Crippen molar-refractivity contribution in [2.45, 2.75) is 27.0 Å². The first-order valence-corrected chi connectivity index (χ1v) is 5.84. The molecule has 16 heavy (non-hydrogen) atoms. The quantitative estimate of drug-likeness (QED) is 0.562. The first-order valence-electron chi connectivity index (χ1n) is 5.84. The molecule has 0 radical (unpaired) electrons. The number of ether oxygens (including phenoxy) is 1. The molecule has 2 nitrogen and oxygen atoms in total. The van der Waals surface area contributed by atoms with Crippen molar-refractivity contribution in [2.75, 3.05) is 13.2 Å². The standard InChI is InChI=1S/C14H21NO/c1-3-5-10-16-12-14-9-7-6-8-13(14)11-15-4-2/h3,5-9,15H,4,10-12H2,1-2H3. The Bertz CT molecular complexity index is 320. The highest BCUT2D eigenvalue weighted by Gasteiger charge is 2.00. The Labute approximate surface area is 98.3 Å². The van der Waals surface area contributed by atoms with Crippen molar-refractivity contribution < 1.29 is 4.74 Å². The van der Waals surface area contributed by atoms with Gasteiger partial charge in [-0.1, -0.05) is 43.3 Å². The van der Waals surface area contributed by atoms with Gasteiger partial charge in [-0.3, -0.25) is 0 Å². The van der Waals surface area contributed by atoms with Crippen molar-refractivity contribution in [1.29, 1.82) is 0 Å². The lowest BCUT2D eigenvalue weighted by Crippen LogP contribution is -2.13. The molecule has 0 saturated heterocycles. The molecule has 0 heterocycles. The van der Waals surface area contributed by atoms with Gasteiger partial charge in [0.25, 0.3) is 0 Å². The Morgan fingerprint density at radius 3 is 2.69 bits per heavy atom. The van der Waals surface area contributed by atoms with Crippen LogP contribution in [0.15, 0.2) is 36.4 Å². The summed E-state index contributed by atoms with van der Waals surface area (Å²) in [5.74, 6) is 0. The van der Waals surface area contributed by atoms with E-state index in [0.717, 1.165) is 13.1 Å². The highest BCUT2D eigenvalue weighted by molar-refractivity contribution is 5.26. The Balaban J connectivity index is 2.49. The molecule has 0 spiro atoms. The molecule has 1 rings (SSSR count). The maximum Gasteiger partial charge on any atom is 0.0724 e. The Morgan fingerprint density at radius 1 is 1.25 bits per heavy atom. The second kappa shape index (κ2) is 8.08. The average molecular weight is 219 g/mol. The molecule has 0 bridgehead atoms. The van der Waals surface area contributed by atoms with Crippen LogP contribution in [0.25, 0.3) is 0 Å². The van der Waals surface area contributed by atoms with Crippen LogP contribution in [0.2, 0.25) is 0 Å². The van der Waals surface area contributed by atoms with Crippen molar-refractivity contribution in [3.8, 4) is 0 Å². The minimum atomic E-state index is 0.686. The van der Waals surface area contributed by atoms with Crippen LogP contribution in [-0.4, -0.2) is 13.2 Å². The lowest BCUT2D eigenvalue weighted by Gasteiger charge is -2.09. The molecule has 88 valence electrons. The van der Waals surface area contributed by atoms with Gasteiger partial charge in [0, 0.05) is 6.54 Å². The zero-order chi connectivity index (χ0) is 11.6. The van der Waals surface area contributed by atoms with Gasteiger partial charge in [0.1, 0.15) is 0 Å². The van der Waals surface area contributed by atoms with Crippen molar-refractivity contribution >= 4 is 0 Å². The maximum atomic E-state index is 5.57. The summed E-state index contributed by atoms with van der Waals surface area (Å²) in [6.07, 6.45) is 4.03. The monoisotopic (exact) mass is 219 g/mol. The fraction of sp³-hybridized carbons (Fsp3) is 0.429. The molecule has 0 unspecified atom stereocenters. The Kier molecular flexibility index (Phi) is 6.54. The third kappa shape index (κ3) is 4.60. The topological polar surface area (TPSA) is 21.3 Å². The predicted octanol–water partition coefficient (Wildman–Crippen LogP) is 2.89. The average Bonchev–Trinajstić information content (AvgIpc) is 2.33. The van der Waals surface area contributed by atoms with Crippen molar-refractivity contribution in [1.82, 2.24) is 5.32 Å². The summed E-state index contributed by atoms with van der Waals surface area (Å²) in [5, 5.41) is 3.34. The summed E-state index contributed by atoms with van der Waals surface area (Å²) in [5.41, 5.74) is 2.60. The molecular weight excluding hydrogens is 198 g/mol. The van der Waals surface area contributed by atoms with E-state index >= 15 is 0 Å². The van der Waals surface area contributed by atoms with Gasteiger partial charge in [-0.05, 0) is 24.6 Å². The van der Waals surface area contributed by atoms with E-state index in [4.69, 9.17) is 4.74 Å². The van der Waals surface area contributed by atoms with E-state index in [-0.39, 0.29) is 0 Å². The molecule has 0 aliphatic rings. The van der Waals surface area contributed by atoms with Gasteiger partial charge in [0.05, 0.1) is 13.2 Å². The third-order valence-electron chi connectivity index (χ3n) is 2.39. The summed E-state index contributed by atoms with van der Waals surface area (Å²) < 4.78 is 5.57. The molecule has 2 heteroatoms. The highest BCUT2D eigenvalue weighted by atomic mass is 16.5. The summed E-state index contributed by atoms with van der Waals surface area (Å²) in [6.45, 7) is 7.40. The number of benzene rings is 1. The molecule has 0 amide bonds. The summed E-state index contributed by atoms with van der Waals surface area (Å²) in [6, 6.07) is 8.41. The minimum absolute atomic E-state index is 0.686. The van der Waals surface area contributed by atoms with Gasteiger partial charge >= 0.3 is 0 Å². The van der Waals surface area contributed by atoms with Crippen LogP contribution in [-0.2, 0) is 17.9 Å². The van der Waals surface area contributed by atoms with E-state index in [1.165, 1.54) is 11.1 Å². The fourth-order valence-corrected chi connectivity index (χ4v) is 1.46. The van der Waals surface area contributed by atoms with Crippen molar-refractivity contribution in [3.63, 3.8) is 0 Å². The van der Waals surface area contributed by atoms with Crippen LogP contribution in [0.4, 0.5) is 0 Å². The largest absolute Gasteiger partial charge is 0.373 e. The number of hydrogen-bond donors (Lipinski definition) is 1. The molecule has 1 aromatic carbocycles. The number of hydrogen-bond acceptors (Lipinski definition) is 2. The van der Waals surface area contributed by atoms with Crippen molar-refractivity contribution in [3.05, 3.63) is 47.5 Å². The first kappa shape index (κ1) is 12.9. The molecule has 1 N–H and O–H groups in total.